The van der Waals surface area contributed by atoms with E-state index in [1.165, 1.54) is 13.3 Å². The molecule has 148 valence electrons. The lowest BCUT2D eigenvalue weighted by Gasteiger charge is -2.27. The van der Waals surface area contributed by atoms with Gasteiger partial charge in [0.2, 0.25) is 0 Å². The van der Waals surface area contributed by atoms with Gasteiger partial charge in [-0.2, -0.15) is 0 Å². The fraction of sp³-hybridized carbons (Fsp3) is 0.286. The molecule has 1 aromatic carbocycles. The zero-order valence-corrected chi connectivity index (χ0v) is 16.9. The molecule has 1 unspecified atom stereocenters. The van der Waals surface area contributed by atoms with Gasteiger partial charge in [0.05, 0.1) is 12.7 Å². The SMILES string of the molecule is C=CCc1ccc(OC(=O)C(S)(CCC)NC(=O)c2cccnc2)c(OC)c1. The van der Waals surface area contributed by atoms with Gasteiger partial charge in [0.1, 0.15) is 0 Å². The van der Waals surface area contributed by atoms with Crippen LogP contribution in [0.15, 0.2) is 55.4 Å². The summed E-state index contributed by atoms with van der Waals surface area (Å²) in [7, 11) is 1.49. The Labute approximate surface area is 170 Å². The van der Waals surface area contributed by atoms with Crippen LogP contribution < -0.4 is 14.8 Å². The lowest BCUT2D eigenvalue weighted by atomic mass is 10.1. The van der Waals surface area contributed by atoms with E-state index in [-0.39, 0.29) is 12.2 Å². The number of hydrogen-bond acceptors (Lipinski definition) is 6. The van der Waals surface area contributed by atoms with Gasteiger partial charge in [-0.3, -0.25) is 9.78 Å². The van der Waals surface area contributed by atoms with Crippen molar-refractivity contribution in [2.75, 3.05) is 7.11 Å². The fourth-order valence-electron chi connectivity index (χ4n) is 2.61. The van der Waals surface area contributed by atoms with E-state index in [0.29, 0.717) is 24.2 Å². The highest BCUT2D eigenvalue weighted by atomic mass is 32.1. The summed E-state index contributed by atoms with van der Waals surface area (Å²) in [6, 6.07) is 8.50. The number of rotatable bonds is 9. The third-order valence-electron chi connectivity index (χ3n) is 4.00. The molecule has 0 aliphatic heterocycles. The van der Waals surface area contributed by atoms with Crippen molar-refractivity contribution in [1.82, 2.24) is 10.3 Å². The molecule has 0 bridgehead atoms. The summed E-state index contributed by atoms with van der Waals surface area (Å²) in [5, 5.41) is 2.66. The number of benzene rings is 1. The van der Waals surface area contributed by atoms with Crippen molar-refractivity contribution in [2.24, 2.45) is 0 Å². The van der Waals surface area contributed by atoms with Crippen LogP contribution in [0, 0.1) is 0 Å². The standard InChI is InChI=1S/C21H24N2O4S/c1-4-7-15-9-10-17(18(13-15)26-3)27-20(25)21(28,11-5-2)23-19(24)16-8-6-12-22-14-16/h4,6,8-10,12-14,28H,1,5,7,11H2,2-3H3,(H,23,24). The molecule has 1 heterocycles. The van der Waals surface area contributed by atoms with Gasteiger partial charge in [-0.05, 0) is 42.7 Å². The minimum Gasteiger partial charge on any atom is -0.493 e. The minimum atomic E-state index is -1.49. The van der Waals surface area contributed by atoms with Crippen LogP contribution >= 0.6 is 12.6 Å². The van der Waals surface area contributed by atoms with E-state index in [4.69, 9.17) is 9.47 Å². The second-order valence-corrected chi connectivity index (χ2v) is 6.94. The number of hydrogen-bond donors (Lipinski definition) is 2. The molecule has 6 nitrogen and oxygen atoms in total. The van der Waals surface area contributed by atoms with Gasteiger partial charge >= 0.3 is 5.97 Å². The molecule has 0 aliphatic carbocycles. The Balaban J connectivity index is 2.22. The molecule has 28 heavy (non-hydrogen) atoms. The van der Waals surface area contributed by atoms with E-state index in [1.807, 2.05) is 13.0 Å². The predicted octanol–water partition coefficient (Wildman–Crippen LogP) is 3.58. The Morgan fingerprint density at radius 1 is 1.32 bits per heavy atom. The lowest BCUT2D eigenvalue weighted by Crippen LogP contribution is -2.52. The van der Waals surface area contributed by atoms with Crippen LogP contribution in [-0.2, 0) is 11.2 Å². The largest absolute Gasteiger partial charge is 0.493 e. The summed E-state index contributed by atoms with van der Waals surface area (Å²) >= 11 is 4.45. The van der Waals surface area contributed by atoms with E-state index in [2.05, 4.69) is 29.5 Å². The molecule has 0 fully saturated rings. The highest BCUT2D eigenvalue weighted by Gasteiger charge is 2.38. The van der Waals surface area contributed by atoms with Gasteiger partial charge in [0.25, 0.3) is 5.91 Å². The van der Waals surface area contributed by atoms with Crippen LogP contribution in [0.5, 0.6) is 11.5 Å². The van der Waals surface area contributed by atoms with Crippen molar-refractivity contribution in [3.05, 3.63) is 66.5 Å². The van der Waals surface area contributed by atoms with Crippen LogP contribution in [0.3, 0.4) is 0 Å². The van der Waals surface area contributed by atoms with Gasteiger partial charge in [-0.25, -0.2) is 4.79 Å². The molecule has 0 saturated heterocycles. The number of carbonyl (C=O) groups is 2. The number of amides is 1. The molecule has 7 heteroatoms. The summed E-state index contributed by atoms with van der Waals surface area (Å²) in [5.41, 5.74) is 1.30. The van der Waals surface area contributed by atoms with E-state index >= 15 is 0 Å². The van der Waals surface area contributed by atoms with Crippen molar-refractivity contribution in [2.45, 2.75) is 31.1 Å². The zero-order chi connectivity index (χ0) is 20.6. The second kappa shape index (κ2) is 9.94. The average molecular weight is 401 g/mol. The molecule has 0 saturated carbocycles. The van der Waals surface area contributed by atoms with Crippen molar-refractivity contribution in [3.8, 4) is 11.5 Å². The maximum atomic E-state index is 12.9. The third-order valence-corrected chi connectivity index (χ3v) is 4.52. The molecular formula is C21H24N2O4S. The average Bonchev–Trinajstić information content (AvgIpc) is 2.70. The quantitative estimate of drug-likeness (QED) is 0.221. The Morgan fingerprint density at radius 3 is 2.71 bits per heavy atom. The molecule has 1 amide bonds. The molecule has 0 aliphatic rings. The van der Waals surface area contributed by atoms with Gasteiger partial charge in [0, 0.05) is 12.4 Å². The summed E-state index contributed by atoms with van der Waals surface area (Å²) in [4.78, 5) is 27.8. The maximum Gasteiger partial charge on any atom is 0.347 e. The number of methoxy groups -OCH3 is 1. The molecule has 0 spiro atoms. The molecule has 1 N–H and O–H groups in total. The van der Waals surface area contributed by atoms with Gasteiger partial charge in [0.15, 0.2) is 16.4 Å². The second-order valence-electron chi connectivity index (χ2n) is 6.17. The minimum absolute atomic E-state index is 0.255. The summed E-state index contributed by atoms with van der Waals surface area (Å²) < 4.78 is 10.9. The number of aromatic nitrogens is 1. The Morgan fingerprint density at radius 2 is 2.11 bits per heavy atom. The number of pyridine rings is 1. The molecular weight excluding hydrogens is 376 g/mol. The van der Waals surface area contributed by atoms with E-state index in [1.54, 1.807) is 36.5 Å². The first-order valence-electron chi connectivity index (χ1n) is 8.88. The zero-order valence-electron chi connectivity index (χ0n) is 16.0. The van der Waals surface area contributed by atoms with E-state index in [9.17, 15) is 9.59 Å². The van der Waals surface area contributed by atoms with E-state index < -0.39 is 16.7 Å². The van der Waals surface area contributed by atoms with Crippen molar-refractivity contribution in [1.29, 1.82) is 0 Å². The van der Waals surface area contributed by atoms with Crippen LogP contribution in [0.25, 0.3) is 0 Å². The number of allylic oxidation sites excluding steroid dienone is 1. The van der Waals surface area contributed by atoms with Crippen LogP contribution in [0.4, 0.5) is 0 Å². The lowest BCUT2D eigenvalue weighted by molar-refractivity contribution is -0.138. The highest BCUT2D eigenvalue weighted by molar-refractivity contribution is 7.82. The predicted molar refractivity (Wildman–Crippen MR) is 111 cm³/mol. The number of esters is 1. The Kier molecular flexibility index (Phi) is 7.63. The molecule has 0 radical (unpaired) electrons. The monoisotopic (exact) mass is 400 g/mol. The van der Waals surface area contributed by atoms with Gasteiger partial charge in [-0.15, -0.1) is 19.2 Å². The molecule has 1 aromatic heterocycles. The first kappa shape index (κ1) is 21.5. The number of thiol groups is 1. The summed E-state index contributed by atoms with van der Waals surface area (Å²) in [6.45, 7) is 5.59. The number of nitrogens with one attached hydrogen (secondary N) is 1. The van der Waals surface area contributed by atoms with Crippen LogP contribution in [0.1, 0.15) is 35.7 Å². The van der Waals surface area contributed by atoms with Gasteiger partial charge in [-0.1, -0.05) is 25.5 Å². The van der Waals surface area contributed by atoms with Crippen LogP contribution in [-0.4, -0.2) is 28.8 Å². The summed E-state index contributed by atoms with van der Waals surface area (Å²) in [5.74, 6) is -0.476. The maximum absolute atomic E-state index is 12.9. The number of carbonyl (C=O) groups excluding carboxylic acids is 2. The van der Waals surface area contributed by atoms with Crippen molar-refractivity contribution < 1.29 is 19.1 Å². The Hall–Kier alpha value is -2.80. The first-order chi connectivity index (χ1) is 13.4. The number of ether oxygens (including phenoxy) is 2. The first-order valence-corrected chi connectivity index (χ1v) is 9.33. The molecule has 2 rings (SSSR count). The number of nitrogens with zero attached hydrogens (tertiary/aromatic N) is 1. The van der Waals surface area contributed by atoms with Gasteiger partial charge < -0.3 is 14.8 Å². The Bertz CT molecular complexity index is 842. The fourth-order valence-corrected chi connectivity index (χ4v) is 2.98. The van der Waals surface area contributed by atoms with Crippen molar-refractivity contribution >= 4 is 24.5 Å². The smallest absolute Gasteiger partial charge is 0.347 e. The molecule has 2 aromatic rings. The highest BCUT2D eigenvalue weighted by Crippen LogP contribution is 2.31. The van der Waals surface area contributed by atoms with Crippen LogP contribution in [0.2, 0.25) is 0 Å². The third kappa shape index (κ3) is 5.36. The normalized spacial score (nSPS) is 12.5. The van der Waals surface area contributed by atoms with Crippen molar-refractivity contribution in [3.63, 3.8) is 0 Å². The molecule has 1 atom stereocenters. The summed E-state index contributed by atoms with van der Waals surface area (Å²) in [6.07, 6.45) is 6.32. The van der Waals surface area contributed by atoms with E-state index in [0.717, 1.165) is 5.56 Å². The topological polar surface area (TPSA) is 77.5 Å².